The van der Waals surface area contributed by atoms with Crippen molar-refractivity contribution >= 4 is 17.3 Å². The molecule has 0 fully saturated rings. The summed E-state index contributed by atoms with van der Waals surface area (Å²) in [4.78, 5) is 14.3. The van der Waals surface area contributed by atoms with Crippen molar-refractivity contribution in [1.29, 1.82) is 0 Å². The molecule has 74 valence electrons. The van der Waals surface area contributed by atoms with Gasteiger partial charge in [-0.15, -0.1) is 11.3 Å². The first-order valence-corrected chi connectivity index (χ1v) is 5.11. The quantitative estimate of drug-likeness (QED) is 0.689. The topological polar surface area (TPSA) is 39.2 Å². The zero-order chi connectivity index (χ0) is 10.1. The summed E-state index contributed by atoms with van der Waals surface area (Å²) in [6, 6.07) is 0. The van der Waals surface area contributed by atoms with Gasteiger partial charge in [-0.2, -0.15) is 0 Å². The average Bonchev–Trinajstić information content (AvgIpc) is 2.61. The molecule has 0 saturated carbocycles. The summed E-state index contributed by atoms with van der Waals surface area (Å²) in [5.74, 6) is -0.109. The monoisotopic (exact) mass is 201 g/mol. The van der Waals surface area contributed by atoms with Crippen LogP contribution in [0.4, 0.5) is 0 Å². The molecule has 4 heteroatoms. The molecule has 0 aliphatic carbocycles. The summed E-state index contributed by atoms with van der Waals surface area (Å²) >= 11 is 1.60. The average molecular weight is 201 g/mol. The van der Waals surface area contributed by atoms with Crippen LogP contribution in [0.5, 0.6) is 0 Å². The maximum atomic E-state index is 10.5. The van der Waals surface area contributed by atoms with Gasteiger partial charge in [0.15, 0.2) is 0 Å². The SMILES string of the molecule is CCOC(=O)C(C)C.c1cscn1. The van der Waals surface area contributed by atoms with E-state index in [4.69, 9.17) is 0 Å². The third-order valence-corrected chi connectivity index (χ3v) is 1.63. The third-order valence-electron chi connectivity index (χ3n) is 1.11. The van der Waals surface area contributed by atoms with Crippen LogP contribution in [0.1, 0.15) is 20.8 Å². The molecule has 0 radical (unpaired) electrons. The highest BCUT2D eigenvalue weighted by atomic mass is 32.1. The molecule has 1 aromatic heterocycles. The Labute approximate surface area is 82.8 Å². The van der Waals surface area contributed by atoms with E-state index < -0.39 is 0 Å². The smallest absolute Gasteiger partial charge is 0.308 e. The highest BCUT2D eigenvalue weighted by Gasteiger charge is 2.04. The van der Waals surface area contributed by atoms with Gasteiger partial charge in [0.2, 0.25) is 0 Å². The highest BCUT2D eigenvalue weighted by molar-refractivity contribution is 7.07. The number of aromatic nitrogens is 1. The molecule has 0 amide bonds. The molecule has 0 unspecified atom stereocenters. The van der Waals surface area contributed by atoms with Crippen LogP contribution in [0.25, 0.3) is 0 Å². The molecule has 0 aliphatic rings. The first-order chi connectivity index (χ1) is 6.18. The number of carbonyl (C=O) groups excluding carboxylic acids is 1. The second kappa shape index (κ2) is 7.73. The molecule has 0 aliphatic heterocycles. The Hall–Kier alpha value is -0.900. The van der Waals surface area contributed by atoms with E-state index in [0.29, 0.717) is 6.61 Å². The molecule has 0 aromatic carbocycles. The Balaban J connectivity index is 0.000000243. The fourth-order valence-corrected chi connectivity index (χ4v) is 0.836. The largest absolute Gasteiger partial charge is 0.466 e. The van der Waals surface area contributed by atoms with Crippen molar-refractivity contribution in [2.45, 2.75) is 20.8 Å². The van der Waals surface area contributed by atoms with Crippen molar-refractivity contribution in [2.24, 2.45) is 5.92 Å². The zero-order valence-corrected chi connectivity index (χ0v) is 9.00. The van der Waals surface area contributed by atoms with Crippen molar-refractivity contribution in [3.8, 4) is 0 Å². The Morgan fingerprint density at radius 1 is 1.62 bits per heavy atom. The second-order valence-corrected chi connectivity index (χ2v) is 3.34. The molecule has 1 heterocycles. The molecule has 0 spiro atoms. The van der Waals surface area contributed by atoms with E-state index in [1.807, 2.05) is 19.2 Å². The summed E-state index contributed by atoms with van der Waals surface area (Å²) in [5, 5.41) is 1.93. The molecule has 1 rings (SSSR count). The minimum atomic E-state index is -0.118. The number of carbonyl (C=O) groups is 1. The molecular weight excluding hydrogens is 186 g/mol. The van der Waals surface area contributed by atoms with Gasteiger partial charge in [0.25, 0.3) is 0 Å². The summed E-state index contributed by atoms with van der Waals surface area (Å²) in [7, 11) is 0. The van der Waals surface area contributed by atoms with Gasteiger partial charge in [-0.3, -0.25) is 9.78 Å². The Kier molecular flexibility index (Phi) is 7.20. The molecule has 1 aromatic rings. The lowest BCUT2D eigenvalue weighted by Gasteiger charge is -2.01. The van der Waals surface area contributed by atoms with E-state index in [1.54, 1.807) is 30.0 Å². The van der Waals surface area contributed by atoms with E-state index in [9.17, 15) is 4.79 Å². The number of thiazole rings is 1. The van der Waals surface area contributed by atoms with Gasteiger partial charge < -0.3 is 4.74 Å². The van der Waals surface area contributed by atoms with Crippen molar-refractivity contribution < 1.29 is 9.53 Å². The molecular formula is C9H15NO2S. The maximum Gasteiger partial charge on any atom is 0.308 e. The van der Waals surface area contributed by atoms with E-state index >= 15 is 0 Å². The minimum absolute atomic E-state index is 0.00921. The van der Waals surface area contributed by atoms with Crippen molar-refractivity contribution in [3.63, 3.8) is 0 Å². The van der Waals surface area contributed by atoms with Gasteiger partial charge >= 0.3 is 5.97 Å². The Morgan fingerprint density at radius 3 is 2.46 bits per heavy atom. The number of ether oxygens (including phenoxy) is 1. The predicted molar refractivity (Wildman–Crippen MR) is 53.6 cm³/mol. The second-order valence-electron chi connectivity index (χ2n) is 2.58. The zero-order valence-electron chi connectivity index (χ0n) is 8.19. The lowest BCUT2D eigenvalue weighted by Crippen LogP contribution is -2.10. The molecule has 0 atom stereocenters. The van der Waals surface area contributed by atoms with Crippen LogP contribution in [0, 0.1) is 5.92 Å². The third kappa shape index (κ3) is 7.46. The Morgan fingerprint density at radius 2 is 2.31 bits per heavy atom. The number of nitrogens with zero attached hydrogens (tertiary/aromatic N) is 1. The standard InChI is InChI=1S/C6H12O2.C3H3NS/c1-4-8-6(7)5(2)3;1-2-5-3-4-1/h5H,4H2,1-3H3;1-3H. The summed E-state index contributed by atoms with van der Waals surface area (Å²) in [5.41, 5.74) is 1.79. The van der Waals surface area contributed by atoms with E-state index in [0.717, 1.165) is 0 Å². The van der Waals surface area contributed by atoms with Gasteiger partial charge in [-0.05, 0) is 6.92 Å². The number of hydrogen-bond donors (Lipinski definition) is 0. The fourth-order valence-electron chi connectivity index (χ4n) is 0.485. The van der Waals surface area contributed by atoms with Crippen LogP contribution in [-0.2, 0) is 9.53 Å². The fraction of sp³-hybridized carbons (Fsp3) is 0.556. The summed E-state index contributed by atoms with van der Waals surface area (Å²) in [6.45, 7) is 5.92. The van der Waals surface area contributed by atoms with E-state index in [-0.39, 0.29) is 11.9 Å². The van der Waals surface area contributed by atoms with Gasteiger partial charge in [0.1, 0.15) is 0 Å². The summed E-state index contributed by atoms with van der Waals surface area (Å²) < 4.78 is 4.66. The van der Waals surface area contributed by atoms with E-state index in [2.05, 4.69) is 9.72 Å². The van der Waals surface area contributed by atoms with Crippen LogP contribution in [-0.4, -0.2) is 17.6 Å². The first kappa shape index (κ1) is 12.1. The normalized spacial score (nSPS) is 8.92. The minimum Gasteiger partial charge on any atom is -0.466 e. The number of esters is 1. The molecule has 13 heavy (non-hydrogen) atoms. The van der Waals surface area contributed by atoms with Crippen molar-refractivity contribution in [3.05, 3.63) is 17.1 Å². The maximum absolute atomic E-state index is 10.5. The van der Waals surface area contributed by atoms with Gasteiger partial charge in [0, 0.05) is 11.6 Å². The predicted octanol–water partition coefficient (Wildman–Crippen LogP) is 2.35. The van der Waals surface area contributed by atoms with Gasteiger partial charge in [-0.25, -0.2) is 0 Å². The van der Waals surface area contributed by atoms with Gasteiger partial charge in [0.05, 0.1) is 18.0 Å². The van der Waals surface area contributed by atoms with Crippen LogP contribution < -0.4 is 0 Å². The Bertz CT molecular complexity index is 192. The lowest BCUT2D eigenvalue weighted by atomic mass is 10.2. The molecule has 0 N–H and O–H groups in total. The van der Waals surface area contributed by atoms with Crippen molar-refractivity contribution in [2.75, 3.05) is 6.61 Å². The lowest BCUT2D eigenvalue weighted by molar-refractivity contribution is -0.146. The summed E-state index contributed by atoms with van der Waals surface area (Å²) in [6.07, 6.45) is 1.77. The van der Waals surface area contributed by atoms with Gasteiger partial charge in [-0.1, -0.05) is 13.8 Å². The van der Waals surface area contributed by atoms with Crippen LogP contribution in [0.3, 0.4) is 0 Å². The highest BCUT2D eigenvalue weighted by Crippen LogP contribution is 1.93. The van der Waals surface area contributed by atoms with E-state index in [1.165, 1.54) is 0 Å². The molecule has 3 nitrogen and oxygen atoms in total. The number of hydrogen-bond acceptors (Lipinski definition) is 4. The van der Waals surface area contributed by atoms with Crippen LogP contribution in [0.2, 0.25) is 0 Å². The molecule has 0 saturated heterocycles. The van der Waals surface area contributed by atoms with Crippen LogP contribution in [0.15, 0.2) is 17.1 Å². The molecule has 0 bridgehead atoms. The number of rotatable bonds is 2. The van der Waals surface area contributed by atoms with Crippen LogP contribution >= 0.6 is 11.3 Å². The first-order valence-electron chi connectivity index (χ1n) is 4.17. The van der Waals surface area contributed by atoms with Crippen molar-refractivity contribution in [1.82, 2.24) is 4.98 Å².